The number of unbranched alkanes of at least 4 members (excludes halogenated alkanes) is 2. The smallest absolute Gasteiger partial charge is 0.118 e. The maximum absolute atomic E-state index is 5.60. The van der Waals surface area contributed by atoms with Crippen molar-refractivity contribution in [2.24, 2.45) is 0 Å². The molecule has 0 aliphatic heterocycles. The lowest BCUT2D eigenvalue weighted by atomic mass is 10.2. The summed E-state index contributed by atoms with van der Waals surface area (Å²) in [5.41, 5.74) is 0. The van der Waals surface area contributed by atoms with E-state index in [-0.39, 0.29) is 0 Å². The van der Waals surface area contributed by atoms with Gasteiger partial charge in [0, 0.05) is 12.6 Å². The number of hydrogen-bond donors (Lipinski definition) is 1. The van der Waals surface area contributed by atoms with Crippen molar-refractivity contribution >= 4 is 0 Å². The normalized spacial score (nSPS) is 13.2. The Morgan fingerprint density at radius 2 is 2.11 bits per heavy atom. The second-order valence-corrected chi connectivity index (χ2v) is 5.19. The number of furan rings is 1. The van der Waals surface area contributed by atoms with Crippen LogP contribution in [0.4, 0.5) is 0 Å². The van der Waals surface area contributed by atoms with Crippen molar-refractivity contribution in [3.8, 4) is 0 Å². The summed E-state index contributed by atoms with van der Waals surface area (Å²) >= 11 is 0. The maximum atomic E-state index is 5.60. The first-order chi connectivity index (χ1) is 8.63. The Bertz CT molecular complexity index is 322. The number of aryl methyl sites for hydroxylation is 1. The zero-order chi connectivity index (χ0) is 13.4. The highest BCUT2D eigenvalue weighted by Gasteiger charge is 2.10. The Hall–Kier alpha value is -0.800. The van der Waals surface area contributed by atoms with Crippen LogP contribution in [0, 0.1) is 6.92 Å². The molecule has 0 spiro atoms. The Labute approximate surface area is 112 Å². The predicted octanol–water partition coefficient (Wildman–Crippen LogP) is 3.19. The number of hydrogen-bond acceptors (Lipinski definition) is 3. The zero-order valence-corrected chi connectivity index (χ0v) is 12.3. The molecule has 0 saturated carbocycles. The average molecular weight is 252 g/mol. The van der Waals surface area contributed by atoms with E-state index in [1.807, 2.05) is 13.0 Å². The van der Waals surface area contributed by atoms with E-state index in [1.165, 1.54) is 19.3 Å². The fourth-order valence-corrected chi connectivity index (χ4v) is 1.94. The Morgan fingerprint density at radius 3 is 2.72 bits per heavy atom. The first kappa shape index (κ1) is 15.3. The third-order valence-electron chi connectivity index (χ3n) is 3.35. The van der Waals surface area contributed by atoms with E-state index >= 15 is 0 Å². The molecule has 1 rings (SSSR count). The second kappa shape index (κ2) is 8.33. The first-order valence-corrected chi connectivity index (χ1v) is 7.09. The molecule has 1 atom stereocenters. The van der Waals surface area contributed by atoms with Gasteiger partial charge in [-0.25, -0.2) is 0 Å². The molecule has 0 fully saturated rings. The number of rotatable bonds is 9. The molecule has 0 aromatic carbocycles. The molecular weight excluding hydrogens is 224 g/mol. The lowest BCUT2D eigenvalue weighted by molar-refractivity contribution is 0.223. The lowest BCUT2D eigenvalue weighted by Crippen LogP contribution is -2.37. The summed E-state index contributed by atoms with van der Waals surface area (Å²) in [5.74, 6) is 2.04. The van der Waals surface area contributed by atoms with Crippen LogP contribution >= 0.6 is 0 Å². The quantitative estimate of drug-likeness (QED) is 0.684. The minimum atomic E-state index is 0.525. The van der Waals surface area contributed by atoms with E-state index in [1.54, 1.807) is 0 Å². The average Bonchev–Trinajstić information content (AvgIpc) is 2.74. The van der Waals surface area contributed by atoms with Crippen molar-refractivity contribution in [3.05, 3.63) is 23.7 Å². The summed E-state index contributed by atoms with van der Waals surface area (Å²) in [4.78, 5) is 2.32. The van der Waals surface area contributed by atoms with E-state index in [2.05, 4.69) is 37.2 Å². The van der Waals surface area contributed by atoms with Crippen molar-refractivity contribution in [3.63, 3.8) is 0 Å². The molecule has 1 heterocycles. The summed E-state index contributed by atoms with van der Waals surface area (Å²) in [7, 11) is 2.15. The minimum absolute atomic E-state index is 0.525. The van der Waals surface area contributed by atoms with Gasteiger partial charge in [-0.15, -0.1) is 0 Å². The van der Waals surface area contributed by atoms with Gasteiger partial charge >= 0.3 is 0 Å². The zero-order valence-electron chi connectivity index (χ0n) is 12.3. The van der Waals surface area contributed by atoms with Gasteiger partial charge < -0.3 is 9.73 Å². The third kappa shape index (κ3) is 5.69. The SMILES string of the molecule is CCCCCNCC(C)N(C)Cc1ccc(C)o1. The summed E-state index contributed by atoms with van der Waals surface area (Å²) in [6.07, 6.45) is 3.89. The van der Waals surface area contributed by atoms with Crippen LogP contribution < -0.4 is 5.32 Å². The van der Waals surface area contributed by atoms with Gasteiger partial charge in [-0.05, 0) is 46.0 Å². The van der Waals surface area contributed by atoms with Gasteiger partial charge in [0.1, 0.15) is 11.5 Å². The van der Waals surface area contributed by atoms with Gasteiger partial charge in [0.15, 0.2) is 0 Å². The number of nitrogens with zero attached hydrogens (tertiary/aromatic N) is 1. The standard InChI is InChI=1S/C15H28N2O/c1-5-6-7-10-16-11-13(2)17(4)12-15-9-8-14(3)18-15/h8-9,13,16H,5-7,10-12H2,1-4H3. The Balaban J connectivity index is 2.18. The van der Waals surface area contributed by atoms with Crippen molar-refractivity contribution in [1.29, 1.82) is 0 Å². The minimum Gasteiger partial charge on any atom is -0.465 e. The van der Waals surface area contributed by atoms with E-state index in [0.29, 0.717) is 6.04 Å². The first-order valence-electron chi connectivity index (χ1n) is 7.09. The highest BCUT2D eigenvalue weighted by molar-refractivity contribution is 5.05. The van der Waals surface area contributed by atoms with Gasteiger partial charge in [0.05, 0.1) is 6.54 Å². The summed E-state index contributed by atoms with van der Waals surface area (Å²) in [6.45, 7) is 9.53. The summed E-state index contributed by atoms with van der Waals surface area (Å²) < 4.78 is 5.60. The van der Waals surface area contributed by atoms with Gasteiger partial charge in [-0.2, -0.15) is 0 Å². The van der Waals surface area contributed by atoms with Crippen LogP contribution in [-0.2, 0) is 6.54 Å². The molecule has 0 aliphatic carbocycles. The van der Waals surface area contributed by atoms with E-state index in [0.717, 1.165) is 31.2 Å². The van der Waals surface area contributed by atoms with Crippen LogP contribution in [0.3, 0.4) is 0 Å². The second-order valence-electron chi connectivity index (χ2n) is 5.19. The molecule has 0 aliphatic rings. The molecular formula is C15H28N2O. The molecule has 104 valence electrons. The van der Waals surface area contributed by atoms with Crippen LogP contribution in [0.25, 0.3) is 0 Å². The molecule has 1 aromatic rings. The van der Waals surface area contributed by atoms with Gasteiger partial charge in [0.2, 0.25) is 0 Å². The molecule has 1 N–H and O–H groups in total. The van der Waals surface area contributed by atoms with Gasteiger partial charge in [-0.3, -0.25) is 4.90 Å². The van der Waals surface area contributed by atoms with Gasteiger partial charge in [-0.1, -0.05) is 19.8 Å². The number of nitrogens with one attached hydrogen (secondary N) is 1. The van der Waals surface area contributed by atoms with Crippen LogP contribution in [0.1, 0.15) is 44.6 Å². The monoisotopic (exact) mass is 252 g/mol. The van der Waals surface area contributed by atoms with E-state index in [9.17, 15) is 0 Å². The molecule has 0 bridgehead atoms. The lowest BCUT2D eigenvalue weighted by Gasteiger charge is -2.24. The van der Waals surface area contributed by atoms with Crippen molar-refractivity contribution in [2.75, 3.05) is 20.1 Å². The van der Waals surface area contributed by atoms with Crippen LogP contribution in [0.15, 0.2) is 16.5 Å². The predicted molar refractivity (Wildman–Crippen MR) is 76.8 cm³/mol. The topological polar surface area (TPSA) is 28.4 Å². The molecule has 3 heteroatoms. The van der Waals surface area contributed by atoms with E-state index < -0.39 is 0 Å². The van der Waals surface area contributed by atoms with Crippen molar-refractivity contribution in [1.82, 2.24) is 10.2 Å². The fraction of sp³-hybridized carbons (Fsp3) is 0.733. The van der Waals surface area contributed by atoms with Crippen LogP contribution in [0.2, 0.25) is 0 Å². The molecule has 3 nitrogen and oxygen atoms in total. The molecule has 1 unspecified atom stereocenters. The molecule has 0 saturated heterocycles. The largest absolute Gasteiger partial charge is 0.465 e. The third-order valence-corrected chi connectivity index (χ3v) is 3.35. The van der Waals surface area contributed by atoms with Crippen LogP contribution in [-0.4, -0.2) is 31.1 Å². The molecule has 1 aromatic heterocycles. The highest BCUT2D eigenvalue weighted by atomic mass is 16.3. The Morgan fingerprint density at radius 1 is 1.33 bits per heavy atom. The van der Waals surface area contributed by atoms with Crippen molar-refractivity contribution < 1.29 is 4.42 Å². The maximum Gasteiger partial charge on any atom is 0.118 e. The van der Waals surface area contributed by atoms with E-state index in [4.69, 9.17) is 4.42 Å². The van der Waals surface area contributed by atoms with Crippen LogP contribution in [0.5, 0.6) is 0 Å². The molecule has 0 radical (unpaired) electrons. The van der Waals surface area contributed by atoms with Gasteiger partial charge in [0.25, 0.3) is 0 Å². The summed E-state index contributed by atoms with van der Waals surface area (Å²) in [5, 5.41) is 3.52. The Kier molecular flexibility index (Phi) is 7.06. The molecule has 0 amide bonds. The fourth-order valence-electron chi connectivity index (χ4n) is 1.94. The molecule has 18 heavy (non-hydrogen) atoms. The highest BCUT2D eigenvalue weighted by Crippen LogP contribution is 2.10. The number of likely N-dealkylation sites (N-methyl/N-ethyl adjacent to an activating group) is 1. The van der Waals surface area contributed by atoms with Crippen molar-refractivity contribution in [2.45, 2.75) is 52.6 Å². The summed E-state index contributed by atoms with van der Waals surface area (Å²) in [6, 6.07) is 4.61.